The number of fused-ring (bicyclic) bond motifs is 3. The molecular formula is C17H22N2O4. The van der Waals surface area contributed by atoms with Crippen molar-refractivity contribution in [3.63, 3.8) is 0 Å². The van der Waals surface area contributed by atoms with E-state index in [4.69, 9.17) is 9.47 Å². The number of aliphatic hydroxyl groups is 1. The van der Waals surface area contributed by atoms with Gasteiger partial charge in [-0.3, -0.25) is 4.79 Å². The summed E-state index contributed by atoms with van der Waals surface area (Å²) in [5.41, 5.74) is 1.96. The number of methoxy groups -OCH3 is 2. The Hall–Kier alpha value is -2.11. The molecule has 6 heteroatoms. The van der Waals surface area contributed by atoms with E-state index in [1.165, 1.54) is 7.11 Å². The van der Waals surface area contributed by atoms with E-state index in [2.05, 4.69) is 16.9 Å². The van der Waals surface area contributed by atoms with Gasteiger partial charge in [0.15, 0.2) is 5.78 Å². The lowest BCUT2D eigenvalue weighted by atomic mass is 9.55. The van der Waals surface area contributed by atoms with Crippen LogP contribution in [-0.4, -0.2) is 35.1 Å². The molecule has 1 N–H and O–H groups in total. The van der Waals surface area contributed by atoms with Gasteiger partial charge in [-0.15, -0.1) is 0 Å². The first kappa shape index (κ1) is 15.8. The minimum atomic E-state index is -0.348. The van der Waals surface area contributed by atoms with Crippen molar-refractivity contribution < 1.29 is 19.4 Å². The van der Waals surface area contributed by atoms with Gasteiger partial charge in [0.05, 0.1) is 26.2 Å². The van der Waals surface area contributed by atoms with Gasteiger partial charge in [0.1, 0.15) is 0 Å². The third-order valence-corrected chi connectivity index (χ3v) is 5.44. The number of aliphatic hydroxyl groups excluding tert-OH is 1. The minimum Gasteiger partial charge on any atom is -0.515 e. The predicted octanol–water partition coefficient (Wildman–Crippen LogP) is 2.36. The maximum Gasteiger partial charge on any atom is 0.319 e. The Morgan fingerprint density at radius 1 is 1.30 bits per heavy atom. The van der Waals surface area contributed by atoms with E-state index >= 15 is 0 Å². The van der Waals surface area contributed by atoms with Crippen LogP contribution in [0.2, 0.25) is 0 Å². The summed E-state index contributed by atoms with van der Waals surface area (Å²) < 4.78 is 10.6. The third-order valence-electron chi connectivity index (χ3n) is 5.44. The number of allylic oxidation sites excluding steroid dienone is 1. The number of hydrogen-bond donors (Lipinski definition) is 1. The van der Waals surface area contributed by atoms with Gasteiger partial charge < -0.3 is 14.6 Å². The normalized spacial score (nSPS) is 31.5. The molecule has 2 aliphatic rings. The molecule has 0 saturated heterocycles. The molecule has 0 amide bonds. The number of hydrogen-bond acceptors (Lipinski definition) is 6. The molecule has 0 radical (unpaired) electrons. The molecule has 1 aromatic heterocycles. The van der Waals surface area contributed by atoms with Crippen molar-refractivity contribution in [1.29, 1.82) is 0 Å². The van der Waals surface area contributed by atoms with E-state index in [1.54, 1.807) is 7.11 Å². The first-order chi connectivity index (χ1) is 11.0. The molecule has 1 aromatic rings. The summed E-state index contributed by atoms with van der Waals surface area (Å²) in [5, 5.41) is 9.47. The Kier molecular flexibility index (Phi) is 3.78. The maximum absolute atomic E-state index is 12.4. The molecule has 0 spiro atoms. The molecule has 0 aliphatic heterocycles. The average molecular weight is 318 g/mol. The zero-order valence-electron chi connectivity index (χ0n) is 13.9. The summed E-state index contributed by atoms with van der Waals surface area (Å²) in [7, 11) is 3.11. The third kappa shape index (κ3) is 2.19. The minimum absolute atomic E-state index is 0.0337. The summed E-state index contributed by atoms with van der Waals surface area (Å²) in [5.74, 6) is 0.597. The molecule has 1 saturated carbocycles. The van der Waals surface area contributed by atoms with Crippen LogP contribution in [0.25, 0.3) is 0 Å². The van der Waals surface area contributed by atoms with Crippen LogP contribution < -0.4 is 9.47 Å². The monoisotopic (exact) mass is 318 g/mol. The number of rotatable bonds is 2. The number of aromatic nitrogens is 2. The molecule has 23 heavy (non-hydrogen) atoms. The molecule has 0 unspecified atom stereocenters. The molecule has 6 nitrogen and oxygen atoms in total. The molecule has 0 aromatic carbocycles. The Labute approximate surface area is 135 Å². The van der Waals surface area contributed by atoms with Crippen LogP contribution in [0.3, 0.4) is 0 Å². The molecule has 3 atom stereocenters. The Morgan fingerprint density at radius 2 is 2.04 bits per heavy atom. The van der Waals surface area contributed by atoms with Crippen molar-refractivity contribution in [3.05, 3.63) is 23.1 Å². The second-order valence-corrected chi connectivity index (χ2v) is 6.59. The van der Waals surface area contributed by atoms with Gasteiger partial charge in [-0.2, -0.15) is 9.97 Å². The van der Waals surface area contributed by atoms with E-state index in [0.717, 1.165) is 30.4 Å². The summed E-state index contributed by atoms with van der Waals surface area (Å²) in [6.45, 7) is 4.04. The van der Waals surface area contributed by atoms with E-state index in [1.807, 2.05) is 6.92 Å². The highest BCUT2D eigenvalue weighted by atomic mass is 16.5. The van der Waals surface area contributed by atoms with Gasteiger partial charge in [-0.05, 0) is 25.2 Å². The first-order valence-electron chi connectivity index (χ1n) is 7.83. The number of carbonyl (C=O) groups excluding carboxylic acids is 1. The fraction of sp³-hybridized carbons (Fsp3) is 0.588. The van der Waals surface area contributed by atoms with Crippen molar-refractivity contribution in [2.45, 2.75) is 38.5 Å². The smallest absolute Gasteiger partial charge is 0.319 e. The molecule has 0 bridgehead atoms. The number of nitrogens with zero attached hydrogens (tertiary/aromatic N) is 2. The zero-order valence-corrected chi connectivity index (χ0v) is 13.9. The topological polar surface area (TPSA) is 81.5 Å². The van der Waals surface area contributed by atoms with Gasteiger partial charge in [-0.1, -0.05) is 13.8 Å². The van der Waals surface area contributed by atoms with Crippen LogP contribution in [0.5, 0.6) is 11.9 Å². The lowest BCUT2D eigenvalue weighted by Crippen LogP contribution is -2.48. The predicted molar refractivity (Wildman–Crippen MR) is 83.8 cm³/mol. The SMILES string of the molecule is COc1nc(OC)c2c(n1)[C@@]1(C)C/C(=C/O)C(=O)[C@@H](C)[C@@H]1CC2. The fourth-order valence-electron chi connectivity index (χ4n) is 4.28. The summed E-state index contributed by atoms with van der Waals surface area (Å²) in [6, 6.07) is 0.265. The van der Waals surface area contributed by atoms with E-state index in [-0.39, 0.29) is 29.0 Å². The Bertz CT molecular complexity index is 685. The zero-order chi connectivity index (χ0) is 16.8. The van der Waals surface area contributed by atoms with Crippen LogP contribution in [0.15, 0.2) is 11.8 Å². The van der Waals surface area contributed by atoms with Gasteiger partial charge >= 0.3 is 6.01 Å². The molecule has 124 valence electrons. The van der Waals surface area contributed by atoms with Gasteiger partial charge in [-0.25, -0.2) is 0 Å². The van der Waals surface area contributed by atoms with Crippen molar-refractivity contribution in [1.82, 2.24) is 9.97 Å². The summed E-state index contributed by atoms with van der Waals surface area (Å²) >= 11 is 0. The first-order valence-corrected chi connectivity index (χ1v) is 7.83. The van der Waals surface area contributed by atoms with Gasteiger partial charge in [0, 0.05) is 22.5 Å². The quantitative estimate of drug-likeness (QED) is 0.666. The Morgan fingerprint density at radius 3 is 2.65 bits per heavy atom. The lowest BCUT2D eigenvalue weighted by molar-refractivity contribution is -0.124. The van der Waals surface area contributed by atoms with Crippen LogP contribution in [0.1, 0.15) is 37.9 Å². The van der Waals surface area contributed by atoms with E-state index < -0.39 is 0 Å². The highest BCUT2D eigenvalue weighted by Crippen LogP contribution is 2.53. The highest BCUT2D eigenvalue weighted by molar-refractivity contribution is 5.98. The molecule has 1 fully saturated rings. The van der Waals surface area contributed by atoms with Crippen molar-refractivity contribution >= 4 is 5.78 Å². The highest BCUT2D eigenvalue weighted by Gasteiger charge is 2.51. The van der Waals surface area contributed by atoms with E-state index in [9.17, 15) is 9.90 Å². The van der Waals surface area contributed by atoms with E-state index in [0.29, 0.717) is 17.9 Å². The number of Topliss-reactive ketones (excluding diaryl/α,β-unsaturated/α-hetero) is 1. The molecular weight excluding hydrogens is 296 g/mol. The summed E-state index contributed by atoms with van der Waals surface area (Å²) in [4.78, 5) is 21.3. The number of ketones is 1. The van der Waals surface area contributed by atoms with Crippen molar-refractivity contribution in [3.8, 4) is 11.9 Å². The molecule has 3 rings (SSSR count). The largest absolute Gasteiger partial charge is 0.515 e. The van der Waals surface area contributed by atoms with Gasteiger partial charge in [0.2, 0.25) is 5.88 Å². The second kappa shape index (κ2) is 5.51. The van der Waals surface area contributed by atoms with Gasteiger partial charge in [0.25, 0.3) is 0 Å². The second-order valence-electron chi connectivity index (χ2n) is 6.59. The average Bonchev–Trinajstić information content (AvgIpc) is 2.57. The molecule has 1 heterocycles. The van der Waals surface area contributed by atoms with Crippen LogP contribution in [0, 0.1) is 11.8 Å². The number of ether oxygens (including phenoxy) is 2. The maximum atomic E-state index is 12.4. The van der Waals surface area contributed by atoms with Crippen molar-refractivity contribution in [2.24, 2.45) is 11.8 Å². The van der Waals surface area contributed by atoms with Crippen LogP contribution in [0.4, 0.5) is 0 Å². The van der Waals surface area contributed by atoms with Crippen LogP contribution in [-0.2, 0) is 16.6 Å². The lowest BCUT2D eigenvalue weighted by Gasteiger charge is -2.48. The fourth-order valence-corrected chi connectivity index (χ4v) is 4.28. The Balaban J connectivity index is 2.19. The standard InChI is InChI=1S/C17H22N2O4/c1-9-12-6-5-11-14(18-16(23-4)19-15(11)22-3)17(12,2)7-10(8-20)13(9)21/h8-9,12,20H,5-7H2,1-4H3/b10-8-/t9-,12-,17-/m0/s1. The van der Waals surface area contributed by atoms with Crippen molar-refractivity contribution in [2.75, 3.05) is 14.2 Å². The van der Waals surface area contributed by atoms with Crippen LogP contribution >= 0.6 is 0 Å². The summed E-state index contributed by atoms with van der Waals surface area (Å²) in [6.07, 6.45) is 3.07. The number of carbonyl (C=O) groups is 1. The molecule has 2 aliphatic carbocycles.